The van der Waals surface area contributed by atoms with Crippen molar-refractivity contribution >= 4 is 82.8 Å². The maximum Gasteiger partial charge on any atom is 0.329 e. The molecule has 0 saturated carbocycles. The summed E-state index contributed by atoms with van der Waals surface area (Å²) in [6.45, 7) is 7.73. The molecule has 0 spiro atoms. The van der Waals surface area contributed by atoms with Crippen LogP contribution in [-0.2, 0) is 78.3 Å². The minimum absolute atomic E-state index is 0.0994. The lowest BCUT2D eigenvalue weighted by molar-refractivity contribution is -0.160. The molecular weight excluding hydrogens is 1410 g/mol. The highest BCUT2D eigenvalue weighted by Gasteiger charge is 2.49. The molecule has 3 aliphatic heterocycles. The number of unbranched alkanes of at least 4 members (excludes halogenated alkanes) is 10. The fourth-order valence-electron chi connectivity index (χ4n) is 12.7. The van der Waals surface area contributed by atoms with Gasteiger partial charge in [-0.3, -0.25) is 62.3 Å². The Morgan fingerprint density at radius 3 is 1.73 bits per heavy atom. The SMILES string of the molecule is CCCCCCCCCCCCC[C@H]1OC(=O)[C@H](CCCNC(=O)[C@H](N)CCCN)NC(=O)[C@@H]([C@@H](C)O)NC(=O)CNC(=O)[C@H]([C@H](O)CC(N)=O)NC(=O)[C@H]2[C@@H](O)CCN2C(=O)[C@H]([C@@H](C)O)NC(=O)[C@@H]2C[C@@H](O)CN2C(=O)[C@H](C(C)C)NC(=O)[C@H](Cc2ccc(O)cc2)NC(=O)[C@@H](C)NC(=O)[C@H]([C@@H](C)O)NC1=O. The Labute approximate surface area is 628 Å². The smallest absolute Gasteiger partial charge is 0.329 e. The predicted molar refractivity (Wildman–Crippen MR) is 387 cm³/mol. The zero-order chi connectivity index (χ0) is 80.6. The number of carbonyl (C=O) groups is 14. The predicted octanol–water partition coefficient (Wildman–Crippen LogP) is -5.50. The van der Waals surface area contributed by atoms with Crippen molar-refractivity contribution in [1.29, 1.82) is 0 Å². The minimum atomic E-state index is -2.22. The Balaban J connectivity index is 1.84. The van der Waals surface area contributed by atoms with E-state index in [1.165, 1.54) is 45.0 Å². The van der Waals surface area contributed by atoms with Gasteiger partial charge in [0.15, 0.2) is 6.10 Å². The second kappa shape index (κ2) is 45.9. The van der Waals surface area contributed by atoms with Crippen molar-refractivity contribution in [3.63, 3.8) is 0 Å². The topological polar surface area (TPSA) is 595 Å². The number of hydrogen-bond donors (Lipinski definition) is 20. The van der Waals surface area contributed by atoms with Gasteiger partial charge in [0.2, 0.25) is 70.9 Å². The Morgan fingerprint density at radius 1 is 0.602 bits per heavy atom. The molecule has 18 atom stereocenters. The van der Waals surface area contributed by atoms with Crippen molar-refractivity contribution in [2.45, 2.75) is 286 Å². The van der Waals surface area contributed by atoms with Gasteiger partial charge in [0.05, 0.1) is 55.6 Å². The number of cyclic esters (lactones) is 1. The molecule has 3 aliphatic rings. The van der Waals surface area contributed by atoms with Crippen molar-refractivity contribution in [3.05, 3.63) is 29.8 Å². The van der Waals surface area contributed by atoms with E-state index in [2.05, 4.69) is 60.1 Å². The van der Waals surface area contributed by atoms with Gasteiger partial charge in [-0.05, 0) is 103 Å². The number of nitrogens with one attached hydrogen (secondary N) is 10. The number of ether oxygens (including phenoxy) is 1. The Bertz CT molecular complexity index is 3180. The first-order chi connectivity index (χ1) is 51.0. The highest BCUT2D eigenvalue weighted by Crippen LogP contribution is 2.25. The first-order valence-electron chi connectivity index (χ1n) is 37.4. The lowest BCUT2D eigenvalue weighted by atomic mass is 9.99. The van der Waals surface area contributed by atoms with Crippen LogP contribution in [0.1, 0.15) is 176 Å². The molecular formula is C71H117N15O22. The molecule has 3 saturated heterocycles. The molecule has 1 aromatic carbocycles. The maximum atomic E-state index is 14.8. The number of hydrogen-bond acceptors (Lipinski definition) is 24. The molecule has 1 aromatic rings. The summed E-state index contributed by atoms with van der Waals surface area (Å²) >= 11 is 0. The van der Waals surface area contributed by atoms with Crippen molar-refractivity contribution < 1.29 is 108 Å². The second-order valence-electron chi connectivity index (χ2n) is 28.6. The third-order valence-electron chi connectivity index (χ3n) is 19.0. The number of esters is 1. The number of fused-ring (bicyclic) bond motifs is 2. The molecule has 0 aliphatic carbocycles. The Morgan fingerprint density at radius 2 is 1.15 bits per heavy atom. The van der Waals surface area contributed by atoms with Gasteiger partial charge in [0, 0.05) is 32.5 Å². The first-order valence-corrected chi connectivity index (χ1v) is 37.4. The van der Waals surface area contributed by atoms with Crippen molar-refractivity contribution in [2.24, 2.45) is 23.1 Å². The van der Waals surface area contributed by atoms with E-state index in [0.29, 0.717) is 24.8 Å². The summed E-state index contributed by atoms with van der Waals surface area (Å²) in [5.41, 5.74) is 17.3. The monoisotopic (exact) mass is 1530 g/mol. The van der Waals surface area contributed by atoms with E-state index >= 15 is 0 Å². The van der Waals surface area contributed by atoms with Gasteiger partial charge in [0.25, 0.3) is 5.91 Å². The normalized spacial score (nSPS) is 27.0. The number of aliphatic hydroxyl groups is 6. The molecule has 4 rings (SSSR count). The van der Waals surface area contributed by atoms with Gasteiger partial charge < -0.3 is 121 Å². The fraction of sp³-hybridized carbons (Fsp3) is 0.718. The summed E-state index contributed by atoms with van der Waals surface area (Å²) in [6, 6.07) is -13.6. The van der Waals surface area contributed by atoms with E-state index in [1.54, 1.807) is 0 Å². The zero-order valence-corrected chi connectivity index (χ0v) is 62.8. The van der Waals surface area contributed by atoms with E-state index in [-0.39, 0.29) is 63.8 Å². The molecule has 3 heterocycles. The number of aliphatic hydroxyl groups excluding tert-OH is 6. The van der Waals surface area contributed by atoms with Gasteiger partial charge in [-0.25, -0.2) is 4.79 Å². The molecule has 37 heteroatoms. The summed E-state index contributed by atoms with van der Waals surface area (Å²) in [5.74, 6) is -16.9. The van der Waals surface area contributed by atoms with Crippen LogP contribution in [0.4, 0.5) is 0 Å². The van der Waals surface area contributed by atoms with Gasteiger partial charge in [-0.1, -0.05) is 97.1 Å². The number of primary amides is 1. The number of aromatic hydroxyl groups is 1. The van der Waals surface area contributed by atoms with Crippen LogP contribution in [0, 0.1) is 5.92 Å². The van der Waals surface area contributed by atoms with Crippen LogP contribution in [0.15, 0.2) is 24.3 Å². The summed E-state index contributed by atoms with van der Waals surface area (Å²) in [6.07, 6.45) is -4.72. The van der Waals surface area contributed by atoms with Crippen LogP contribution in [0.25, 0.3) is 0 Å². The summed E-state index contributed by atoms with van der Waals surface area (Å²) in [7, 11) is 0. The largest absolute Gasteiger partial charge is 0.508 e. The van der Waals surface area contributed by atoms with Crippen LogP contribution in [0.5, 0.6) is 5.75 Å². The number of nitrogens with two attached hydrogens (primary N) is 3. The number of rotatable bonds is 29. The molecule has 608 valence electrons. The minimum Gasteiger partial charge on any atom is -0.508 e. The molecule has 0 radical (unpaired) electrons. The molecule has 108 heavy (non-hydrogen) atoms. The highest BCUT2D eigenvalue weighted by molar-refractivity contribution is 6.00. The molecule has 0 aromatic heterocycles. The molecule has 13 amide bonds. The van der Waals surface area contributed by atoms with Crippen LogP contribution in [-0.4, -0.2) is 270 Å². The number of benzene rings is 1. The van der Waals surface area contributed by atoms with Crippen LogP contribution < -0.4 is 70.4 Å². The summed E-state index contributed by atoms with van der Waals surface area (Å²) < 4.78 is 5.90. The van der Waals surface area contributed by atoms with E-state index in [0.717, 1.165) is 81.9 Å². The van der Waals surface area contributed by atoms with E-state index in [9.17, 15) is 103 Å². The lowest BCUT2D eigenvalue weighted by Crippen LogP contribution is -2.63. The number of carbonyl (C=O) groups excluding carboxylic acids is 14. The Hall–Kier alpha value is -8.72. The fourth-order valence-corrected chi connectivity index (χ4v) is 12.7. The molecule has 23 N–H and O–H groups in total. The number of nitrogens with zero attached hydrogens (tertiary/aromatic N) is 2. The quantitative estimate of drug-likeness (QED) is 0.0263. The van der Waals surface area contributed by atoms with E-state index in [1.807, 2.05) is 0 Å². The van der Waals surface area contributed by atoms with Gasteiger partial charge in [0.1, 0.15) is 66.2 Å². The second-order valence-corrected chi connectivity index (χ2v) is 28.6. The summed E-state index contributed by atoms with van der Waals surface area (Å²) in [4.78, 5) is 199. The van der Waals surface area contributed by atoms with Crippen LogP contribution in [0.2, 0.25) is 0 Å². The number of phenolic OH excluding ortho intramolecular Hbond substituents is 1. The van der Waals surface area contributed by atoms with Gasteiger partial charge >= 0.3 is 5.97 Å². The number of amides is 13. The maximum absolute atomic E-state index is 14.8. The lowest BCUT2D eigenvalue weighted by Gasteiger charge is -2.34. The van der Waals surface area contributed by atoms with Crippen molar-refractivity contribution in [2.75, 3.05) is 32.7 Å². The standard InChI is InChI=1S/C71H117N15O22/c1-8-9-10-11-12-13-14-15-16-17-18-23-51-64(100)82-56(40(6)88)66(102)77-38(4)60(96)79-47(32-42-24-26-43(90)27-25-42)62(98)81-54(37(2)3)69(105)86-36-44(91)33-48(86)63(99)83-57(41(7)89)70(106)85-31-28-49(92)59(85)68(104)84-58(50(93)34-52(74)94)65(101)76-35-53(95)80-55(39(5)87)67(103)78-46(71(107)108-51)22-20-30-75-61(97)45(73)21-19-29-72/h24-27,37-41,44-51,54-59,87-93H,8-23,28-36,72-73H2,1-7H3,(H2,74,94)(H,75,97)(H,76,101)(H,77,102)(H,78,103)(H,79,96)(H,80,95)(H,81,98)(H,82,100)(H,83,99)(H,84,104)/t38-,39-,40-,41-,44-,45-,46+,47+,48+,49+,50-,51-,54+,55-,56+,57+,58+,59-/m1/s1. The van der Waals surface area contributed by atoms with E-state index in [4.69, 9.17) is 21.9 Å². The molecule has 37 nitrogen and oxygen atoms in total. The zero-order valence-electron chi connectivity index (χ0n) is 62.8. The third kappa shape index (κ3) is 29.4. The van der Waals surface area contributed by atoms with Crippen molar-refractivity contribution in [3.8, 4) is 5.75 Å². The average molecular weight is 1530 g/mol. The molecule has 0 bridgehead atoms. The van der Waals surface area contributed by atoms with E-state index < -0.39 is 230 Å². The summed E-state index contributed by atoms with van der Waals surface area (Å²) in [5, 5.41) is 101. The third-order valence-corrected chi connectivity index (χ3v) is 19.0. The number of phenols is 1. The average Bonchev–Trinajstić information content (AvgIpc) is 1.63. The molecule has 3 fully saturated rings. The van der Waals surface area contributed by atoms with Crippen LogP contribution in [0.3, 0.4) is 0 Å². The van der Waals surface area contributed by atoms with Gasteiger partial charge in [-0.15, -0.1) is 0 Å². The van der Waals surface area contributed by atoms with Gasteiger partial charge in [-0.2, -0.15) is 0 Å². The Kier molecular flexibility index (Phi) is 39.0. The first kappa shape index (κ1) is 91.7. The molecule has 0 unspecified atom stereocenters. The highest BCUT2D eigenvalue weighted by atomic mass is 16.5. The van der Waals surface area contributed by atoms with Crippen molar-refractivity contribution in [1.82, 2.24) is 63.0 Å². The van der Waals surface area contributed by atoms with Crippen LogP contribution >= 0.6 is 0 Å².